The zero-order chi connectivity index (χ0) is 11.8. The fourth-order valence-corrected chi connectivity index (χ4v) is 4.19. The van der Waals surface area contributed by atoms with E-state index in [9.17, 15) is 0 Å². The zero-order valence-corrected chi connectivity index (χ0v) is 12.3. The second kappa shape index (κ2) is 8.46. The average Bonchev–Trinajstić information content (AvgIpc) is 2.41. The molecule has 2 saturated heterocycles. The van der Waals surface area contributed by atoms with Gasteiger partial charge in [0.15, 0.2) is 0 Å². The molecule has 100 valence electrons. The van der Waals surface area contributed by atoms with Gasteiger partial charge in [-0.1, -0.05) is 0 Å². The molecule has 17 heavy (non-hydrogen) atoms. The first-order valence-electron chi connectivity index (χ1n) is 6.63. The Bertz CT molecular complexity index is 175. The van der Waals surface area contributed by atoms with Crippen LogP contribution in [0.5, 0.6) is 0 Å². The average molecular weight is 307 g/mol. The summed E-state index contributed by atoms with van der Waals surface area (Å²) in [6, 6.07) is 0. The molecule has 0 aromatic rings. The van der Waals surface area contributed by atoms with Crippen LogP contribution in [0.15, 0.2) is 0 Å². The van der Waals surface area contributed by atoms with Crippen LogP contribution >= 0.6 is 0 Å². The molecule has 2 aliphatic rings. The van der Waals surface area contributed by atoms with Gasteiger partial charge in [0.05, 0.1) is 0 Å². The minimum atomic E-state index is 0.816. The Hall–Kier alpha value is 0.359. The maximum absolute atomic E-state index is 5.35. The molecule has 0 spiro atoms. The topological polar surface area (TPSA) is 24.9 Å². The van der Waals surface area contributed by atoms with E-state index >= 15 is 0 Å². The molecule has 4 nitrogen and oxygen atoms in total. The Balaban J connectivity index is 1.42. The second-order valence-corrected chi connectivity index (χ2v) is 7.09. The van der Waals surface area contributed by atoms with Crippen molar-refractivity contribution in [2.24, 2.45) is 0 Å². The summed E-state index contributed by atoms with van der Waals surface area (Å²) in [5, 5.41) is 2.80. The second-order valence-electron chi connectivity index (χ2n) is 4.52. The SMILES string of the molecule is C1CN(CC[Se]CCN2CCOCC2)CCO1. The predicted molar refractivity (Wildman–Crippen MR) is 69.9 cm³/mol. The van der Waals surface area contributed by atoms with E-state index in [-0.39, 0.29) is 0 Å². The third-order valence-corrected chi connectivity index (χ3v) is 5.29. The number of ether oxygens (including phenoxy) is 2. The first-order valence-corrected chi connectivity index (χ1v) is 9.05. The summed E-state index contributed by atoms with van der Waals surface area (Å²) in [6.07, 6.45) is 0. The Morgan fingerprint density at radius 3 is 1.53 bits per heavy atom. The summed E-state index contributed by atoms with van der Waals surface area (Å²) < 4.78 is 10.7. The summed E-state index contributed by atoms with van der Waals surface area (Å²) in [6.45, 7) is 10.8. The van der Waals surface area contributed by atoms with Gasteiger partial charge in [0.25, 0.3) is 0 Å². The zero-order valence-electron chi connectivity index (χ0n) is 10.6. The molecule has 0 atom stereocenters. The van der Waals surface area contributed by atoms with Gasteiger partial charge in [-0.25, -0.2) is 0 Å². The maximum atomic E-state index is 5.35. The van der Waals surface area contributed by atoms with Crippen molar-refractivity contribution in [2.75, 3.05) is 65.7 Å². The van der Waals surface area contributed by atoms with Gasteiger partial charge in [0, 0.05) is 0 Å². The molecule has 0 radical (unpaired) electrons. The molecular formula is C12H24N2O2Se. The van der Waals surface area contributed by atoms with E-state index in [1.54, 1.807) is 0 Å². The quantitative estimate of drug-likeness (QED) is 0.517. The van der Waals surface area contributed by atoms with E-state index in [0.717, 1.165) is 67.6 Å². The molecule has 2 fully saturated rings. The Kier molecular flexibility index (Phi) is 6.86. The normalized spacial score (nSPS) is 24.0. The first-order chi connectivity index (χ1) is 8.45. The van der Waals surface area contributed by atoms with Crippen LogP contribution in [0, 0.1) is 0 Å². The van der Waals surface area contributed by atoms with Crippen LogP contribution in [-0.4, -0.2) is 90.5 Å². The van der Waals surface area contributed by atoms with Crippen molar-refractivity contribution < 1.29 is 9.47 Å². The number of nitrogens with zero attached hydrogens (tertiary/aromatic N) is 2. The molecule has 0 unspecified atom stereocenters. The first kappa shape index (κ1) is 13.8. The molecule has 5 heteroatoms. The summed E-state index contributed by atoms with van der Waals surface area (Å²) in [7, 11) is 0. The molecule has 2 heterocycles. The van der Waals surface area contributed by atoms with Crippen molar-refractivity contribution in [1.29, 1.82) is 0 Å². The summed E-state index contributed by atoms with van der Waals surface area (Å²) in [5.41, 5.74) is 0. The number of hydrogen-bond acceptors (Lipinski definition) is 4. The van der Waals surface area contributed by atoms with Gasteiger partial charge in [0.1, 0.15) is 0 Å². The van der Waals surface area contributed by atoms with Gasteiger partial charge in [-0.2, -0.15) is 0 Å². The summed E-state index contributed by atoms with van der Waals surface area (Å²) >= 11 is 0.816. The van der Waals surface area contributed by atoms with Gasteiger partial charge in [-0.05, 0) is 0 Å². The van der Waals surface area contributed by atoms with Gasteiger partial charge in [-0.3, -0.25) is 0 Å². The molecule has 0 aliphatic carbocycles. The van der Waals surface area contributed by atoms with Crippen LogP contribution in [0.2, 0.25) is 10.6 Å². The van der Waals surface area contributed by atoms with Crippen molar-refractivity contribution in [1.82, 2.24) is 9.80 Å². The van der Waals surface area contributed by atoms with E-state index in [1.807, 2.05) is 0 Å². The van der Waals surface area contributed by atoms with Crippen molar-refractivity contribution in [3.05, 3.63) is 0 Å². The molecule has 0 aromatic heterocycles. The molecule has 0 aromatic carbocycles. The van der Waals surface area contributed by atoms with Crippen LogP contribution in [0.4, 0.5) is 0 Å². The predicted octanol–water partition coefficient (Wildman–Crippen LogP) is 0.192. The van der Waals surface area contributed by atoms with Crippen molar-refractivity contribution in [2.45, 2.75) is 10.6 Å². The number of morpholine rings is 2. The van der Waals surface area contributed by atoms with E-state index in [0.29, 0.717) is 0 Å². The van der Waals surface area contributed by atoms with Crippen LogP contribution in [0.25, 0.3) is 0 Å². The molecular weight excluding hydrogens is 283 g/mol. The van der Waals surface area contributed by atoms with Crippen LogP contribution in [0.1, 0.15) is 0 Å². The molecule has 0 saturated carbocycles. The van der Waals surface area contributed by atoms with E-state index in [2.05, 4.69) is 9.80 Å². The van der Waals surface area contributed by atoms with Crippen molar-refractivity contribution >= 4 is 15.0 Å². The number of hydrogen-bond donors (Lipinski definition) is 0. The molecule has 0 bridgehead atoms. The number of rotatable bonds is 6. The third-order valence-electron chi connectivity index (χ3n) is 3.31. The Morgan fingerprint density at radius 1 is 0.706 bits per heavy atom. The fourth-order valence-electron chi connectivity index (χ4n) is 2.14. The standard InChI is InChI=1S/C12H24N2O2Se/c1-7-15-8-2-13(1)5-11-17-12-6-14-3-9-16-10-4-14/h1-12H2. The van der Waals surface area contributed by atoms with Gasteiger partial charge < -0.3 is 0 Å². The van der Waals surface area contributed by atoms with E-state index in [1.165, 1.54) is 23.7 Å². The van der Waals surface area contributed by atoms with Crippen LogP contribution in [-0.2, 0) is 9.47 Å². The van der Waals surface area contributed by atoms with Crippen LogP contribution in [0.3, 0.4) is 0 Å². The molecule has 2 rings (SSSR count). The molecule has 0 amide bonds. The summed E-state index contributed by atoms with van der Waals surface area (Å²) in [5.74, 6) is 0. The third kappa shape index (κ3) is 5.68. The van der Waals surface area contributed by atoms with Gasteiger partial charge in [0.2, 0.25) is 0 Å². The van der Waals surface area contributed by atoms with Gasteiger partial charge in [-0.15, -0.1) is 0 Å². The van der Waals surface area contributed by atoms with E-state index < -0.39 is 0 Å². The monoisotopic (exact) mass is 308 g/mol. The minimum absolute atomic E-state index is 0.816. The molecule has 2 aliphatic heterocycles. The van der Waals surface area contributed by atoms with Crippen LogP contribution < -0.4 is 0 Å². The Morgan fingerprint density at radius 2 is 1.12 bits per heavy atom. The van der Waals surface area contributed by atoms with Crippen molar-refractivity contribution in [3.8, 4) is 0 Å². The van der Waals surface area contributed by atoms with Gasteiger partial charge >= 0.3 is 111 Å². The van der Waals surface area contributed by atoms with Crippen molar-refractivity contribution in [3.63, 3.8) is 0 Å². The van der Waals surface area contributed by atoms with E-state index in [4.69, 9.17) is 9.47 Å². The molecule has 0 N–H and O–H groups in total. The summed E-state index contributed by atoms with van der Waals surface area (Å²) in [4.78, 5) is 5.08. The Labute approximate surface area is 111 Å². The fraction of sp³-hybridized carbons (Fsp3) is 1.00.